The molecule has 0 bridgehead atoms. The number of carbonyl (C=O) groups excluding carboxylic acids is 1. The van der Waals surface area contributed by atoms with Crippen molar-refractivity contribution < 1.29 is 26.3 Å². The third-order valence-electron chi connectivity index (χ3n) is 3.53. The van der Waals surface area contributed by atoms with E-state index in [1.165, 1.54) is 23.4 Å². The van der Waals surface area contributed by atoms with Crippen molar-refractivity contribution >= 4 is 22.5 Å². The van der Waals surface area contributed by atoms with Crippen LogP contribution in [0, 0.1) is 0 Å². The number of hydrogen-bond acceptors (Lipinski definition) is 1. The average molecular weight is 360 g/mol. The van der Waals surface area contributed by atoms with Crippen LogP contribution in [-0.2, 0) is 17.8 Å². The molecule has 0 aliphatic heterocycles. The van der Waals surface area contributed by atoms with Gasteiger partial charge >= 0.3 is 0 Å². The fourth-order valence-corrected chi connectivity index (χ4v) is 2.48. The van der Waals surface area contributed by atoms with Crippen molar-refractivity contribution in [1.29, 1.82) is 0 Å². The largest absolute Gasteiger partial charge is 1.00 e. The maximum atomic E-state index is 11.0. The maximum absolute atomic E-state index is 11.0. The first-order valence-electron chi connectivity index (χ1n) is 7.04. The molecule has 1 aromatic carbocycles. The van der Waals surface area contributed by atoms with Gasteiger partial charge in [0, 0.05) is 42.6 Å². The smallest absolute Gasteiger partial charge is 0.221 e. The van der Waals surface area contributed by atoms with E-state index in [1.807, 2.05) is 30.6 Å². The number of carbonyl (C=O) groups is 1. The normalized spacial score (nSPS) is 10.2. The number of halogens is 1. The number of hydrogen-bond donors (Lipinski definition) is 2. The highest BCUT2D eigenvalue weighted by Gasteiger charge is 2.06. The SMILES string of the molecule is CC(=O)Nc1cc[n+](CCc2c[nH]c3ccccc23)cc1.[Br-]. The number of aromatic nitrogens is 2. The van der Waals surface area contributed by atoms with Gasteiger partial charge in [-0.1, -0.05) is 18.2 Å². The highest BCUT2D eigenvalue weighted by Crippen LogP contribution is 2.17. The number of nitrogens with zero attached hydrogens (tertiary/aromatic N) is 1. The minimum absolute atomic E-state index is 0. The molecule has 3 aromatic rings. The van der Waals surface area contributed by atoms with Gasteiger partial charge in [-0.3, -0.25) is 4.79 Å². The highest BCUT2D eigenvalue weighted by atomic mass is 79.9. The summed E-state index contributed by atoms with van der Waals surface area (Å²) in [6, 6.07) is 12.2. The Kier molecular flexibility index (Phi) is 5.33. The van der Waals surface area contributed by atoms with Crippen LogP contribution in [0.1, 0.15) is 12.5 Å². The van der Waals surface area contributed by atoms with Gasteiger partial charge in [-0.25, -0.2) is 4.57 Å². The molecule has 0 unspecified atom stereocenters. The molecular weight excluding hydrogens is 342 g/mol. The first-order chi connectivity index (χ1) is 10.2. The van der Waals surface area contributed by atoms with Crippen molar-refractivity contribution in [3.8, 4) is 0 Å². The summed E-state index contributed by atoms with van der Waals surface area (Å²) in [4.78, 5) is 14.3. The van der Waals surface area contributed by atoms with Crippen molar-refractivity contribution in [2.45, 2.75) is 19.9 Å². The molecule has 0 saturated heterocycles. The van der Waals surface area contributed by atoms with E-state index in [2.05, 4.69) is 39.3 Å². The Bertz CT molecular complexity index is 765. The number of nitrogens with one attached hydrogen (secondary N) is 2. The molecule has 3 rings (SSSR count). The molecule has 0 fully saturated rings. The summed E-state index contributed by atoms with van der Waals surface area (Å²) in [6.45, 7) is 2.42. The third-order valence-corrected chi connectivity index (χ3v) is 3.53. The van der Waals surface area contributed by atoms with Gasteiger partial charge < -0.3 is 27.3 Å². The van der Waals surface area contributed by atoms with Gasteiger partial charge in [0.2, 0.25) is 5.91 Å². The zero-order valence-corrected chi connectivity index (χ0v) is 13.9. The number of fused-ring (bicyclic) bond motifs is 1. The van der Waals surface area contributed by atoms with Crippen LogP contribution in [0.4, 0.5) is 5.69 Å². The quantitative estimate of drug-likeness (QED) is 0.615. The Morgan fingerprint density at radius 3 is 2.64 bits per heavy atom. The Labute approximate surface area is 139 Å². The molecule has 0 saturated carbocycles. The van der Waals surface area contributed by atoms with Crippen LogP contribution in [0.15, 0.2) is 55.0 Å². The van der Waals surface area contributed by atoms with Crippen LogP contribution in [0.2, 0.25) is 0 Å². The molecule has 22 heavy (non-hydrogen) atoms. The van der Waals surface area contributed by atoms with E-state index in [9.17, 15) is 4.79 Å². The van der Waals surface area contributed by atoms with Crippen molar-refractivity contribution in [3.63, 3.8) is 0 Å². The zero-order chi connectivity index (χ0) is 14.7. The molecule has 0 atom stereocenters. The number of aryl methyl sites for hydroxylation is 2. The summed E-state index contributed by atoms with van der Waals surface area (Å²) in [5.74, 6) is -0.0495. The van der Waals surface area contributed by atoms with E-state index in [-0.39, 0.29) is 22.9 Å². The number of pyridine rings is 1. The molecule has 0 radical (unpaired) electrons. The predicted octanol–water partition coefficient (Wildman–Crippen LogP) is -0.339. The Morgan fingerprint density at radius 1 is 1.18 bits per heavy atom. The molecule has 1 amide bonds. The summed E-state index contributed by atoms with van der Waals surface area (Å²) in [7, 11) is 0. The summed E-state index contributed by atoms with van der Waals surface area (Å²) < 4.78 is 2.12. The van der Waals surface area contributed by atoms with Crippen LogP contribution in [-0.4, -0.2) is 10.9 Å². The number of rotatable bonds is 4. The number of anilines is 1. The average Bonchev–Trinajstić information content (AvgIpc) is 2.89. The first-order valence-corrected chi connectivity index (χ1v) is 7.04. The van der Waals surface area contributed by atoms with Crippen LogP contribution in [0.5, 0.6) is 0 Å². The lowest BCUT2D eigenvalue weighted by molar-refractivity contribution is -0.696. The maximum Gasteiger partial charge on any atom is 0.221 e. The number of benzene rings is 1. The molecule has 2 N–H and O–H groups in total. The Balaban J connectivity index is 0.00000176. The van der Waals surface area contributed by atoms with Gasteiger partial charge in [-0.2, -0.15) is 0 Å². The lowest BCUT2D eigenvalue weighted by atomic mass is 10.1. The fraction of sp³-hybridized carbons (Fsp3) is 0.176. The number of para-hydroxylation sites is 1. The van der Waals surface area contributed by atoms with Crippen molar-refractivity contribution in [3.05, 3.63) is 60.6 Å². The molecule has 0 aliphatic rings. The van der Waals surface area contributed by atoms with E-state index in [0.29, 0.717) is 0 Å². The molecule has 0 aliphatic carbocycles. The third kappa shape index (κ3) is 3.74. The van der Waals surface area contributed by atoms with Crippen LogP contribution < -0.4 is 26.9 Å². The lowest BCUT2D eigenvalue weighted by Gasteiger charge is -2.01. The van der Waals surface area contributed by atoms with Crippen LogP contribution in [0.25, 0.3) is 10.9 Å². The molecule has 2 aromatic heterocycles. The number of amides is 1. The van der Waals surface area contributed by atoms with Gasteiger partial charge in [0.1, 0.15) is 0 Å². The Morgan fingerprint density at radius 2 is 1.91 bits per heavy atom. The predicted molar refractivity (Wildman–Crippen MR) is 82.9 cm³/mol. The van der Waals surface area contributed by atoms with Gasteiger partial charge in [-0.05, 0) is 11.6 Å². The van der Waals surface area contributed by atoms with Crippen molar-refractivity contribution in [2.75, 3.05) is 5.32 Å². The second kappa shape index (κ2) is 7.22. The first kappa shape index (κ1) is 16.2. The van der Waals surface area contributed by atoms with Crippen molar-refractivity contribution in [1.82, 2.24) is 4.98 Å². The van der Waals surface area contributed by atoms with Crippen molar-refractivity contribution in [2.24, 2.45) is 0 Å². The van der Waals surface area contributed by atoms with E-state index in [1.54, 1.807) is 0 Å². The standard InChI is InChI=1S/C17H17N3O.BrH/c1-13(21)19-15-7-10-20(11-8-15)9-6-14-12-18-17-5-3-2-4-16(14)17;/h2-5,7-8,10-12,18H,6,9H2,1H3;1H. The van der Waals surface area contributed by atoms with Crippen LogP contribution in [0.3, 0.4) is 0 Å². The molecule has 5 heteroatoms. The summed E-state index contributed by atoms with van der Waals surface area (Å²) >= 11 is 0. The highest BCUT2D eigenvalue weighted by molar-refractivity contribution is 5.88. The zero-order valence-electron chi connectivity index (χ0n) is 12.3. The second-order valence-electron chi connectivity index (χ2n) is 5.12. The monoisotopic (exact) mass is 359 g/mol. The van der Waals surface area contributed by atoms with Gasteiger partial charge in [0.15, 0.2) is 18.9 Å². The van der Waals surface area contributed by atoms with Gasteiger partial charge in [0.05, 0.1) is 5.69 Å². The van der Waals surface area contributed by atoms with Gasteiger partial charge in [0.25, 0.3) is 0 Å². The number of H-pyrrole nitrogens is 1. The fourth-order valence-electron chi connectivity index (χ4n) is 2.48. The molecule has 2 heterocycles. The molecule has 0 spiro atoms. The van der Waals surface area contributed by atoms with E-state index in [4.69, 9.17) is 0 Å². The Hall–Kier alpha value is -2.14. The second-order valence-corrected chi connectivity index (χ2v) is 5.12. The summed E-state index contributed by atoms with van der Waals surface area (Å²) in [5, 5.41) is 4.05. The molecular formula is C17H18BrN3O. The summed E-state index contributed by atoms with van der Waals surface area (Å²) in [5.41, 5.74) is 3.33. The van der Waals surface area contributed by atoms with Crippen LogP contribution >= 0.6 is 0 Å². The summed E-state index contributed by atoms with van der Waals surface area (Å²) in [6.07, 6.45) is 7.02. The minimum Gasteiger partial charge on any atom is -1.00 e. The molecule has 114 valence electrons. The minimum atomic E-state index is -0.0495. The van der Waals surface area contributed by atoms with E-state index < -0.39 is 0 Å². The van der Waals surface area contributed by atoms with E-state index in [0.717, 1.165) is 18.7 Å². The van der Waals surface area contributed by atoms with E-state index >= 15 is 0 Å². The van der Waals surface area contributed by atoms with Gasteiger partial charge in [-0.15, -0.1) is 0 Å². The number of aromatic amines is 1. The molecule has 4 nitrogen and oxygen atoms in total. The lowest BCUT2D eigenvalue weighted by Crippen LogP contribution is -3.00. The topological polar surface area (TPSA) is 48.8 Å².